The van der Waals surface area contributed by atoms with E-state index in [2.05, 4.69) is 4.72 Å². The van der Waals surface area contributed by atoms with Crippen LogP contribution in [0.3, 0.4) is 0 Å². The number of carbonyl (C=O) groups excluding carboxylic acids is 1. The fourth-order valence-electron chi connectivity index (χ4n) is 2.70. The lowest BCUT2D eigenvalue weighted by molar-refractivity contribution is 0.0703. The molecule has 2 rings (SSSR count). The molecular weight excluding hydrogens is 304 g/mol. The van der Waals surface area contributed by atoms with Gasteiger partial charge in [-0.05, 0) is 37.5 Å². The van der Waals surface area contributed by atoms with E-state index in [1.54, 1.807) is 24.1 Å². The molecule has 0 bridgehead atoms. The molecule has 22 heavy (non-hydrogen) atoms. The number of rotatable bonds is 4. The van der Waals surface area contributed by atoms with Crippen LogP contribution >= 0.6 is 0 Å². The van der Waals surface area contributed by atoms with Crippen molar-refractivity contribution < 1.29 is 17.9 Å². The van der Waals surface area contributed by atoms with Crippen LogP contribution in [0.1, 0.15) is 28.8 Å². The summed E-state index contributed by atoms with van der Waals surface area (Å²) < 4.78 is 30.5. The third-order valence-electron chi connectivity index (χ3n) is 3.74. The Balaban J connectivity index is 2.12. The standard InChI is InChI=1S/C15H22N2O4S/c1-11-6-7-12(9-14(11)21-2)15(18)17-8-4-5-13(10-17)16-22(3,19)20/h6-7,9,13,16H,4-5,8,10H2,1-3H3/t13-/m0/s1. The summed E-state index contributed by atoms with van der Waals surface area (Å²) in [6, 6.07) is 5.13. The number of sulfonamides is 1. The second-order valence-corrected chi connectivity index (χ2v) is 7.44. The highest BCUT2D eigenvalue weighted by atomic mass is 32.2. The number of aryl methyl sites for hydroxylation is 1. The van der Waals surface area contributed by atoms with E-state index in [1.165, 1.54) is 0 Å². The normalized spacial score (nSPS) is 19.0. The minimum atomic E-state index is -3.26. The first-order chi connectivity index (χ1) is 10.3. The van der Waals surface area contributed by atoms with Crippen LogP contribution in [0.2, 0.25) is 0 Å². The molecule has 0 radical (unpaired) electrons. The molecule has 1 saturated heterocycles. The van der Waals surface area contributed by atoms with Gasteiger partial charge in [0.05, 0.1) is 13.4 Å². The number of hydrogen-bond acceptors (Lipinski definition) is 4. The lowest BCUT2D eigenvalue weighted by Gasteiger charge is -2.32. The number of nitrogens with one attached hydrogen (secondary N) is 1. The Hall–Kier alpha value is -1.60. The second kappa shape index (κ2) is 6.66. The lowest BCUT2D eigenvalue weighted by Crippen LogP contribution is -2.49. The summed E-state index contributed by atoms with van der Waals surface area (Å²) in [7, 11) is -1.69. The first kappa shape index (κ1) is 16.8. The van der Waals surface area contributed by atoms with Crippen LogP contribution in [-0.2, 0) is 10.0 Å². The van der Waals surface area contributed by atoms with Crippen LogP contribution in [0.15, 0.2) is 18.2 Å². The molecule has 1 aromatic rings. The molecule has 1 aliphatic heterocycles. The summed E-state index contributed by atoms with van der Waals surface area (Å²) >= 11 is 0. The van der Waals surface area contributed by atoms with Crippen molar-refractivity contribution in [2.24, 2.45) is 0 Å². The number of piperidine rings is 1. The molecule has 0 unspecified atom stereocenters. The molecule has 6 nitrogen and oxygen atoms in total. The van der Waals surface area contributed by atoms with Gasteiger partial charge in [0.25, 0.3) is 5.91 Å². The molecule has 7 heteroatoms. The van der Waals surface area contributed by atoms with E-state index in [1.807, 2.05) is 13.0 Å². The summed E-state index contributed by atoms with van der Waals surface area (Å²) in [6.45, 7) is 2.94. The Morgan fingerprint density at radius 3 is 2.77 bits per heavy atom. The molecule has 1 amide bonds. The maximum Gasteiger partial charge on any atom is 0.254 e. The Morgan fingerprint density at radius 1 is 1.41 bits per heavy atom. The van der Waals surface area contributed by atoms with Gasteiger partial charge in [-0.1, -0.05) is 6.07 Å². The molecule has 1 aromatic carbocycles. The minimum Gasteiger partial charge on any atom is -0.496 e. The van der Waals surface area contributed by atoms with Crippen molar-refractivity contribution in [3.05, 3.63) is 29.3 Å². The maximum absolute atomic E-state index is 12.6. The molecule has 1 heterocycles. The zero-order chi connectivity index (χ0) is 16.3. The average molecular weight is 326 g/mol. The average Bonchev–Trinajstić information content (AvgIpc) is 2.45. The molecule has 122 valence electrons. The number of methoxy groups -OCH3 is 1. The van der Waals surface area contributed by atoms with Gasteiger partial charge >= 0.3 is 0 Å². The van der Waals surface area contributed by atoms with Gasteiger partial charge in [0.2, 0.25) is 10.0 Å². The Morgan fingerprint density at radius 2 is 2.14 bits per heavy atom. The van der Waals surface area contributed by atoms with E-state index >= 15 is 0 Å². The molecule has 1 atom stereocenters. The monoisotopic (exact) mass is 326 g/mol. The highest BCUT2D eigenvalue weighted by Gasteiger charge is 2.26. The van der Waals surface area contributed by atoms with Gasteiger partial charge in [0.1, 0.15) is 5.75 Å². The van der Waals surface area contributed by atoms with Crippen LogP contribution in [0, 0.1) is 6.92 Å². The van der Waals surface area contributed by atoms with Gasteiger partial charge in [0.15, 0.2) is 0 Å². The van der Waals surface area contributed by atoms with Crippen molar-refractivity contribution in [3.63, 3.8) is 0 Å². The molecule has 1 fully saturated rings. The van der Waals surface area contributed by atoms with Crippen molar-refractivity contribution in [2.75, 3.05) is 26.5 Å². The van der Waals surface area contributed by atoms with E-state index in [4.69, 9.17) is 4.74 Å². The first-order valence-electron chi connectivity index (χ1n) is 7.21. The summed E-state index contributed by atoms with van der Waals surface area (Å²) in [6.07, 6.45) is 2.66. The van der Waals surface area contributed by atoms with Crippen LogP contribution in [-0.4, -0.2) is 51.7 Å². The SMILES string of the molecule is COc1cc(C(=O)N2CCC[C@H](NS(C)(=O)=O)C2)ccc1C. The molecule has 1 N–H and O–H groups in total. The van der Waals surface area contributed by atoms with Gasteiger partial charge in [-0.3, -0.25) is 4.79 Å². The van der Waals surface area contributed by atoms with Crippen molar-refractivity contribution in [2.45, 2.75) is 25.8 Å². The van der Waals surface area contributed by atoms with Crippen molar-refractivity contribution in [3.8, 4) is 5.75 Å². The zero-order valence-corrected chi connectivity index (χ0v) is 13.9. The molecule has 0 spiro atoms. The smallest absolute Gasteiger partial charge is 0.254 e. The number of likely N-dealkylation sites (tertiary alicyclic amines) is 1. The number of hydrogen-bond donors (Lipinski definition) is 1. The first-order valence-corrected chi connectivity index (χ1v) is 9.10. The summed E-state index contributed by atoms with van der Waals surface area (Å²) in [5, 5.41) is 0. The Kier molecular flexibility index (Phi) is 5.08. The van der Waals surface area contributed by atoms with Crippen LogP contribution in [0.5, 0.6) is 5.75 Å². The highest BCUT2D eigenvalue weighted by molar-refractivity contribution is 7.88. The zero-order valence-electron chi connectivity index (χ0n) is 13.1. The fraction of sp³-hybridized carbons (Fsp3) is 0.533. The van der Waals surface area contributed by atoms with E-state index in [0.717, 1.165) is 24.7 Å². The van der Waals surface area contributed by atoms with Crippen LogP contribution < -0.4 is 9.46 Å². The lowest BCUT2D eigenvalue weighted by atomic mass is 10.0. The van der Waals surface area contributed by atoms with Crippen molar-refractivity contribution in [1.82, 2.24) is 9.62 Å². The third-order valence-corrected chi connectivity index (χ3v) is 4.51. The predicted molar refractivity (Wildman–Crippen MR) is 84.6 cm³/mol. The number of ether oxygens (including phenoxy) is 1. The predicted octanol–water partition coefficient (Wildman–Crippen LogP) is 1.16. The Labute approximate surface area is 131 Å². The van der Waals surface area contributed by atoms with Crippen molar-refractivity contribution in [1.29, 1.82) is 0 Å². The molecular formula is C15H22N2O4S. The number of amides is 1. The van der Waals surface area contributed by atoms with Crippen LogP contribution in [0.4, 0.5) is 0 Å². The highest BCUT2D eigenvalue weighted by Crippen LogP contribution is 2.21. The molecule has 0 saturated carbocycles. The van der Waals surface area contributed by atoms with Gasteiger partial charge in [0, 0.05) is 24.7 Å². The quantitative estimate of drug-likeness (QED) is 0.901. The van der Waals surface area contributed by atoms with E-state index in [-0.39, 0.29) is 11.9 Å². The molecule has 1 aliphatic rings. The summed E-state index contributed by atoms with van der Waals surface area (Å²) in [5.74, 6) is 0.576. The van der Waals surface area contributed by atoms with Crippen molar-refractivity contribution >= 4 is 15.9 Å². The summed E-state index contributed by atoms with van der Waals surface area (Å²) in [5.41, 5.74) is 1.52. The molecule has 0 aromatic heterocycles. The largest absolute Gasteiger partial charge is 0.496 e. The van der Waals surface area contributed by atoms with Gasteiger partial charge in [-0.15, -0.1) is 0 Å². The van der Waals surface area contributed by atoms with E-state index < -0.39 is 10.0 Å². The number of nitrogens with zero attached hydrogens (tertiary/aromatic N) is 1. The Bertz CT molecular complexity index is 658. The fourth-order valence-corrected chi connectivity index (χ4v) is 3.49. The number of carbonyl (C=O) groups is 1. The van der Waals surface area contributed by atoms with Gasteiger partial charge in [-0.2, -0.15) is 0 Å². The van der Waals surface area contributed by atoms with Crippen LogP contribution in [0.25, 0.3) is 0 Å². The van der Waals surface area contributed by atoms with E-state index in [0.29, 0.717) is 24.4 Å². The number of benzene rings is 1. The minimum absolute atomic E-state index is 0.0988. The second-order valence-electron chi connectivity index (χ2n) is 5.66. The topological polar surface area (TPSA) is 75.7 Å². The third kappa shape index (κ3) is 4.20. The summed E-state index contributed by atoms with van der Waals surface area (Å²) in [4.78, 5) is 14.3. The molecule has 0 aliphatic carbocycles. The maximum atomic E-state index is 12.6. The van der Waals surface area contributed by atoms with E-state index in [9.17, 15) is 13.2 Å². The van der Waals surface area contributed by atoms with Gasteiger partial charge < -0.3 is 9.64 Å². The van der Waals surface area contributed by atoms with Gasteiger partial charge in [-0.25, -0.2) is 13.1 Å².